The second-order valence-electron chi connectivity index (χ2n) is 4.43. The Morgan fingerprint density at radius 3 is 2.57 bits per heavy atom. The van der Waals surface area contributed by atoms with Crippen molar-refractivity contribution >= 4 is 21.4 Å². The standard InChI is InChI=1S/C14H12FN3O2S/c1-9-6-11(2-5-14(9)17)18-21(19,20)12-3-4-13(15)10(7-12)8-16/h2-7,18H,17H2,1H3. The monoisotopic (exact) mass is 305 g/mol. The summed E-state index contributed by atoms with van der Waals surface area (Å²) in [6.07, 6.45) is 0. The van der Waals surface area contributed by atoms with E-state index in [1.165, 1.54) is 6.07 Å². The van der Waals surface area contributed by atoms with Crippen molar-refractivity contribution in [2.45, 2.75) is 11.8 Å². The number of nitriles is 1. The van der Waals surface area contributed by atoms with Crippen LogP contribution in [0.1, 0.15) is 11.1 Å². The molecule has 0 aliphatic heterocycles. The number of nitrogen functional groups attached to an aromatic ring is 1. The van der Waals surface area contributed by atoms with Gasteiger partial charge in [0.1, 0.15) is 11.9 Å². The van der Waals surface area contributed by atoms with Gasteiger partial charge in [-0.3, -0.25) is 4.72 Å². The second-order valence-corrected chi connectivity index (χ2v) is 6.11. The highest BCUT2D eigenvalue weighted by Gasteiger charge is 2.16. The molecular formula is C14H12FN3O2S. The Labute approximate surface area is 121 Å². The number of anilines is 2. The molecule has 0 atom stereocenters. The van der Waals surface area contributed by atoms with Crippen LogP contribution in [0.3, 0.4) is 0 Å². The molecule has 0 aliphatic carbocycles. The fourth-order valence-electron chi connectivity index (χ4n) is 1.71. The van der Waals surface area contributed by atoms with Gasteiger partial charge in [-0.15, -0.1) is 0 Å². The van der Waals surface area contributed by atoms with Crippen molar-refractivity contribution < 1.29 is 12.8 Å². The fourth-order valence-corrected chi connectivity index (χ4v) is 2.79. The summed E-state index contributed by atoms with van der Waals surface area (Å²) in [7, 11) is -3.90. The molecule has 2 rings (SSSR count). The molecule has 0 saturated heterocycles. The summed E-state index contributed by atoms with van der Waals surface area (Å²) in [4.78, 5) is -0.185. The minimum absolute atomic E-state index is 0.185. The lowest BCUT2D eigenvalue weighted by Gasteiger charge is -2.10. The predicted molar refractivity (Wildman–Crippen MR) is 77.5 cm³/mol. The number of aryl methyl sites for hydroxylation is 1. The maximum atomic E-state index is 13.2. The average Bonchev–Trinajstić information content (AvgIpc) is 2.43. The zero-order valence-corrected chi connectivity index (χ0v) is 11.9. The first-order valence-electron chi connectivity index (χ1n) is 5.92. The Hall–Kier alpha value is -2.59. The fraction of sp³-hybridized carbons (Fsp3) is 0.0714. The topological polar surface area (TPSA) is 96.0 Å². The molecule has 21 heavy (non-hydrogen) atoms. The number of hydrogen-bond donors (Lipinski definition) is 2. The van der Waals surface area contributed by atoms with E-state index in [1.54, 1.807) is 25.1 Å². The molecule has 7 heteroatoms. The van der Waals surface area contributed by atoms with E-state index in [1.807, 2.05) is 0 Å². The Morgan fingerprint density at radius 2 is 1.95 bits per heavy atom. The second kappa shape index (κ2) is 5.42. The van der Waals surface area contributed by atoms with Crippen LogP contribution in [0.4, 0.5) is 15.8 Å². The molecule has 108 valence electrons. The van der Waals surface area contributed by atoms with Gasteiger partial charge in [0.15, 0.2) is 0 Å². The number of sulfonamides is 1. The molecule has 0 spiro atoms. The first-order chi connectivity index (χ1) is 9.83. The quantitative estimate of drug-likeness (QED) is 0.851. The Balaban J connectivity index is 2.38. The van der Waals surface area contributed by atoms with E-state index in [0.29, 0.717) is 11.4 Å². The van der Waals surface area contributed by atoms with E-state index in [9.17, 15) is 12.8 Å². The number of halogens is 1. The molecule has 0 aromatic heterocycles. The van der Waals surface area contributed by atoms with E-state index >= 15 is 0 Å². The lowest BCUT2D eigenvalue weighted by atomic mass is 10.2. The van der Waals surface area contributed by atoms with Crippen molar-refractivity contribution in [1.29, 1.82) is 5.26 Å². The molecule has 0 bridgehead atoms. The van der Waals surface area contributed by atoms with E-state index in [4.69, 9.17) is 11.0 Å². The van der Waals surface area contributed by atoms with Crippen molar-refractivity contribution in [3.05, 3.63) is 53.3 Å². The first kappa shape index (κ1) is 14.8. The van der Waals surface area contributed by atoms with Gasteiger partial charge in [0, 0.05) is 11.4 Å². The van der Waals surface area contributed by atoms with Crippen LogP contribution >= 0.6 is 0 Å². The minimum Gasteiger partial charge on any atom is -0.399 e. The van der Waals surface area contributed by atoms with Gasteiger partial charge in [0.05, 0.1) is 10.5 Å². The molecule has 0 heterocycles. The smallest absolute Gasteiger partial charge is 0.261 e. The van der Waals surface area contributed by atoms with Crippen LogP contribution in [0.2, 0.25) is 0 Å². The van der Waals surface area contributed by atoms with Gasteiger partial charge in [0.2, 0.25) is 0 Å². The van der Waals surface area contributed by atoms with E-state index < -0.39 is 15.8 Å². The van der Waals surface area contributed by atoms with Gasteiger partial charge in [-0.2, -0.15) is 5.26 Å². The largest absolute Gasteiger partial charge is 0.399 e. The van der Waals surface area contributed by atoms with Gasteiger partial charge in [-0.05, 0) is 48.9 Å². The van der Waals surface area contributed by atoms with E-state index in [2.05, 4.69) is 4.72 Å². The summed E-state index contributed by atoms with van der Waals surface area (Å²) >= 11 is 0. The molecule has 2 aromatic rings. The molecule has 0 saturated carbocycles. The summed E-state index contributed by atoms with van der Waals surface area (Å²) in [6.45, 7) is 1.75. The lowest BCUT2D eigenvalue weighted by Crippen LogP contribution is -2.13. The highest BCUT2D eigenvalue weighted by atomic mass is 32.2. The minimum atomic E-state index is -3.90. The summed E-state index contributed by atoms with van der Waals surface area (Å²) in [5.41, 5.74) is 6.95. The summed E-state index contributed by atoms with van der Waals surface area (Å²) in [5.74, 6) is -0.764. The van der Waals surface area contributed by atoms with E-state index in [0.717, 1.165) is 23.8 Å². The van der Waals surface area contributed by atoms with Gasteiger partial charge in [-0.25, -0.2) is 12.8 Å². The van der Waals surface area contributed by atoms with Gasteiger partial charge in [0.25, 0.3) is 10.0 Å². The lowest BCUT2D eigenvalue weighted by molar-refractivity contribution is 0.599. The third-order valence-electron chi connectivity index (χ3n) is 2.89. The average molecular weight is 305 g/mol. The molecule has 3 N–H and O–H groups in total. The Bertz CT molecular complexity index is 842. The molecule has 2 aromatic carbocycles. The van der Waals surface area contributed by atoms with Crippen molar-refractivity contribution in [1.82, 2.24) is 0 Å². The summed E-state index contributed by atoms with van der Waals surface area (Å²) < 4.78 is 40.0. The number of nitrogens with two attached hydrogens (primary N) is 1. The van der Waals surface area contributed by atoms with E-state index in [-0.39, 0.29) is 10.5 Å². The molecule has 0 fully saturated rings. The predicted octanol–water partition coefficient (Wildman–Crippen LogP) is 2.39. The maximum Gasteiger partial charge on any atom is 0.261 e. The van der Waals surface area contributed by atoms with Crippen molar-refractivity contribution in [3.8, 4) is 6.07 Å². The molecule has 0 aliphatic rings. The normalized spacial score (nSPS) is 10.9. The van der Waals surface area contributed by atoms with Crippen LogP contribution in [0.5, 0.6) is 0 Å². The molecular weight excluding hydrogens is 293 g/mol. The highest BCUT2D eigenvalue weighted by Crippen LogP contribution is 2.21. The summed E-state index contributed by atoms with van der Waals surface area (Å²) in [5, 5.41) is 8.75. The Morgan fingerprint density at radius 1 is 1.24 bits per heavy atom. The Kier molecular flexibility index (Phi) is 3.82. The molecule has 0 unspecified atom stereocenters. The van der Waals surface area contributed by atoms with Crippen molar-refractivity contribution in [3.63, 3.8) is 0 Å². The third kappa shape index (κ3) is 3.12. The first-order valence-corrected chi connectivity index (χ1v) is 7.40. The van der Waals surface area contributed by atoms with Crippen LogP contribution in [-0.4, -0.2) is 8.42 Å². The highest BCUT2D eigenvalue weighted by molar-refractivity contribution is 7.92. The van der Waals surface area contributed by atoms with Crippen LogP contribution in [0.15, 0.2) is 41.3 Å². The third-order valence-corrected chi connectivity index (χ3v) is 4.27. The molecule has 0 amide bonds. The maximum absolute atomic E-state index is 13.2. The van der Waals surface area contributed by atoms with Gasteiger partial charge >= 0.3 is 0 Å². The van der Waals surface area contributed by atoms with Gasteiger partial charge in [-0.1, -0.05) is 0 Å². The number of hydrogen-bond acceptors (Lipinski definition) is 4. The van der Waals surface area contributed by atoms with Gasteiger partial charge < -0.3 is 5.73 Å². The SMILES string of the molecule is Cc1cc(NS(=O)(=O)c2ccc(F)c(C#N)c2)ccc1N. The number of benzene rings is 2. The van der Waals surface area contributed by atoms with Crippen molar-refractivity contribution in [2.24, 2.45) is 0 Å². The number of nitrogens with one attached hydrogen (secondary N) is 1. The molecule has 5 nitrogen and oxygen atoms in total. The van der Waals surface area contributed by atoms with Crippen LogP contribution in [0, 0.1) is 24.1 Å². The number of nitrogens with zero attached hydrogens (tertiary/aromatic N) is 1. The van der Waals surface area contributed by atoms with Crippen molar-refractivity contribution in [2.75, 3.05) is 10.5 Å². The summed E-state index contributed by atoms with van der Waals surface area (Å²) in [6, 6.07) is 9.33. The van der Waals surface area contributed by atoms with Crippen LogP contribution in [0.25, 0.3) is 0 Å². The zero-order chi connectivity index (χ0) is 15.6. The van der Waals surface area contributed by atoms with Crippen LogP contribution < -0.4 is 10.5 Å². The zero-order valence-electron chi connectivity index (χ0n) is 11.1. The molecule has 0 radical (unpaired) electrons. The number of rotatable bonds is 3. The van der Waals surface area contributed by atoms with Crippen LogP contribution in [-0.2, 0) is 10.0 Å².